The van der Waals surface area contributed by atoms with Gasteiger partial charge >= 0.3 is 11.8 Å². The summed E-state index contributed by atoms with van der Waals surface area (Å²) >= 11 is 0. The Morgan fingerprint density at radius 1 is 0.312 bits per heavy atom. The average molecular weight is 1100 g/mol. The van der Waals surface area contributed by atoms with Crippen LogP contribution in [0.1, 0.15) is 272 Å². The molecule has 0 aliphatic carbocycles. The van der Waals surface area contributed by atoms with Crippen molar-refractivity contribution in [1.29, 1.82) is 0 Å². The minimum absolute atomic E-state index is 0.316. The number of aromatic hydroxyl groups is 4. The highest BCUT2D eigenvalue weighted by Crippen LogP contribution is 2.45. The Balaban J connectivity index is 1.91. The first-order valence-electron chi connectivity index (χ1n) is 30.2. The molecule has 0 aliphatic rings. The maximum absolute atomic E-state index is 15.5. The van der Waals surface area contributed by atoms with Gasteiger partial charge in [-0.2, -0.15) is 0 Å². The van der Waals surface area contributed by atoms with Crippen molar-refractivity contribution in [3.05, 3.63) is 115 Å². The molecular formula is C72H112N2O6. The molecule has 4 rings (SSSR count). The van der Waals surface area contributed by atoms with Crippen LogP contribution in [0.3, 0.4) is 0 Å². The fourth-order valence-electron chi connectivity index (χ4n) is 11.6. The molecule has 0 atom stereocenters. The van der Waals surface area contributed by atoms with Gasteiger partial charge in [-0.3, -0.25) is 9.59 Å². The number of benzene rings is 4. The second-order valence-corrected chi connectivity index (χ2v) is 31.8. The summed E-state index contributed by atoms with van der Waals surface area (Å²) in [5.41, 5.74) is 8.93. The lowest BCUT2D eigenvalue weighted by molar-refractivity contribution is -0.154. The number of aryl methyl sites for hydroxylation is 4. The van der Waals surface area contributed by atoms with Gasteiger partial charge in [0, 0.05) is 25.2 Å². The van der Waals surface area contributed by atoms with Crippen molar-refractivity contribution in [3.63, 3.8) is 0 Å². The van der Waals surface area contributed by atoms with E-state index in [0.29, 0.717) is 87.5 Å². The second-order valence-electron chi connectivity index (χ2n) is 31.8. The first kappa shape index (κ1) is 67.5. The Bertz CT molecular complexity index is 2310. The van der Waals surface area contributed by atoms with Crippen LogP contribution in [0.5, 0.6) is 23.0 Å². The van der Waals surface area contributed by atoms with Crippen molar-refractivity contribution < 1.29 is 30.0 Å². The third kappa shape index (κ3) is 16.6. The van der Waals surface area contributed by atoms with Crippen molar-refractivity contribution in [2.24, 2.45) is 0 Å². The molecule has 0 saturated heterocycles. The molecule has 0 heterocycles. The van der Waals surface area contributed by atoms with E-state index < -0.39 is 11.8 Å². The Morgan fingerprint density at radius 2 is 0.450 bits per heavy atom. The van der Waals surface area contributed by atoms with Crippen molar-refractivity contribution in [2.75, 3.05) is 13.1 Å². The van der Waals surface area contributed by atoms with Crippen LogP contribution >= 0.6 is 0 Å². The molecule has 0 spiro atoms. The Labute approximate surface area is 487 Å². The highest BCUT2D eigenvalue weighted by atomic mass is 16.3. The molecule has 2 amide bonds. The van der Waals surface area contributed by atoms with E-state index in [1.807, 2.05) is 23.6 Å². The molecule has 0 unspecified atom stereocenters. The van der Waals surface area contributed by atoms with E-state index in [1.165, 1.54) is 0 Å². The number of likely N-dealkylation sites (N-methyl/N-ethyl adjacent to an activating group) is 2. The molecule has 0 radical (unpaired) electrons. The maximum Gasteiger partial charge on any atom is 0.312 e. The van der Waals surface area contributed by atoms with E-state index in [4.69, 9.17) is 0 Å². The van der Waals surface area contributed by atoms with Crippen molar-refractivity contribution in [2.45, 2.75) is 287 Å². The Hall–Kier alpha value is -4.98. The monoisotopic (exact) mass is 1100 g/mol. The van der Waals surface area contributed by atoms with Gasteiger partial charge in [-0.05, 0) is 175 Å². The van der Waals surface area contributed by atoms with Crippen molar-refractivity contribution in [1.82, 2.24) is 9.80 Å². The van der Waals surface area contributed by atoms with Crippen LogP contribution in [0, 0.1) is 0 Å². The zero-order valence-corrected chi connectivity index (χ0v) is 55.3. The molecule has 446 valence electrons. The summed E-state index contributed by atoms with van der Waals surface area (Å²) in [6.07, 6.45) is 4.90. The van der Waals surface area contributed by atoms with Gasteiger partial charge in [-0.1, -0.05) is 215 Å². The van der Waals surface area contributed by atoms with Crippen molar-refractivity contribution in [3.8, 4) is 23.0 Å². The van der Waals surface area contributed by atoms with Crippen molar-refractivity contribution >= 4 is 11.8 Å². The second kappa shape index (κ2) is 24.5. The molecule has 4 aromatic carbocycles. The molecule has 4 aromatic rings. The van der Waals surface area contributed by atoms with Crippen LogP contribution in [-0.2, 0) is 78.6 Å². The Kier molecular flexibility index (Phi) is 20.6. The SMILES string of the molecule is CCN(C(=O)C(=O)N(CC)C(CCc1cc(C(C)(C)C)c(O)c(C(C)(C)C)c1)CCc1cc(C(C)(C)C)c(O)c(C(C)(C)C)c1)C(CCc1cc(C(C)(C)C)c(O)c(C(C)(C)C)c1)CCc1cc(C(C)(C)C)c(O)c(C(C)(C)C)c1. The molecule has 0 aromatic heterocycles. The number of hydrogen-bond acceptors (Lipinski definition) is 6. The van der Waals surface area contributed by atoms with Gasteiger partial charge in [0.15, 0.2) is 0 Å². The van der Waals surface area contributed by atoms with Gasteiger partial charge in [0.1, 0.15) is 23.0 Å². The summed E-state index contributed by atoms with van der Waals surface area (Å²) in [5, 5.41) is 46.8. The number of phenolic OH excluding ortho intramolecular Hbond substituents is 4. The zero-order valence-electron chi connectivity index (χ0n) is 55.3. The summed E-state index contributed by atoms with van der Waals surface area (Å²) in [7, 11) is 0. The van der Waals surface area contributed by atoms with Gasteiger partial charge in [-0.25, -0.2) is 0 Å². The number of phenols is 4. The number of rotatable bonds is 16. The zero-order chi connectivity index (χ0) is 61.4. The number of carbonyl (C=O) groups excluding carboxylic acids is 2. The minimum Gasteiger partial charge on any atom is -0.507 e. The largest absolute Gasteiger partial charge is 0.507 e. The van der Waals surface area contributed by atoms with Crippen LogP contribution in [-0.4, -0.2) is 67.2 Å². The van der Waals surface area contributed by atoms with Crippen LogP contribution in [0.15, 0.2) is 48.5 Å². The molecular weight excluding hydrogens is 989 g/mol. The molecule has 8 nitrogen and oxygen atoms in total. The van der Waals surface area contributed by atoms with Crippen LogP contribution in [0.25, 0.3) is 0 Å². The lowest BCUT2D eigenvalue weighted by Crippen LogP contribution is -2.52. The van der Waals surface area contributed by atoms with E-state index in [-0.39, 0.29) is 55.4 Å². The quantitative estimate of drug-likeness (QED) is 0.0830. The number of hydrogen-bond donors (Lipinski definition) is 4. The van der Waals surface area contributed by atoms with E-state index in [1.54, 1.807) is 0 Å². The number of amides is 2. The molecule has 0 aliphatic heterocycles. The predicted molar refractivity (Wildman–Crippen MR) is 338 cm³/mol. The molecule has 0 saturated carbocycles. The fraction of sp³-hybridized carbons (Fsp3) is 0.639. The smallest absolute Gasteiger partial charge is 0.312 e. The maximum atomic E-state index is 15.5. The number of carbonyl (C=O) groups is 2. The molecule has 80 heavy (non-hydrogen) atoms. The third-order valence-corrected chi connectivity index (χ3v) is 16.5. The third-order valence-electron chi connectivity index (χ3n) is 16.5. The summed E-state index contributed by atoms with van der Waals surface area (Å²) in [5.74, 6) is 0.296. The minimum atomic E-state index is -0.512. The van der Waals surface area contributed by atoms with Gasteiger partial charge in [0.25, 0.3) is 0 Å². The first-order chi connectivity index (χ1) is 36.1. The standard InChI is InChI=1S/C72H112N2O6/c1-27-73(49(33-29-45-37-51(65(3,4)5)59(75)52(38-45)66(6,7)8)34-30-46-39-53(67(9,10)11)60(76)54(40-46)68(12,13)14)63(79)64(80)74(28-2)50(35-31-47-41-55(69(15,16)17)61(77)56(42-47)70(18,19)20)36-32-48-43-57(71(21,22)23)62(78)58(44-48)72(24,25)26/h37-44,49-50,75-78H,27-36H2,1-26H3. The van der Waals surface area contributed by atoms with Gasteiger partial charge in [0.2, 0.25) is 0 Å². The van der Waals surface area contributed by atoms with E-state index in [2.05, 4.69) is 215 Å². The molecule has 0 bridgehead atoms. The first-order valence-corrected chi connectivity index (χ1v) is 30.2. The summed E-state index contributed by atoms with van der Waals surface area (Å²) in [6, 6.07) is 16.4. The lowest BCUT2D eigenvalue weighted by Gasteiger charge is -2.36. The van der Waals surface area contributed by atoms with Gasteiger partial charge < -0.3 is 30.2 Å². The van der Waals surface area contributed by atoms with E-state index in [0.717, 1.165) is 66.8 Å². The molecule has 0 fully saturated rings. The summed E-state index contributed by atoms with van der Waals surface area (Å²) < 4.78 is 0. The summed E-state index contributed by atoms with van der Waals surface area (Å²) in [4.78, 5) is 34.7. The average Bonchev–Trinajstić information content (AvgIpc) is 3.28. The Morgan fingerprint density at radius 3 is 0.562 bits per heavy atom. The fourth-order valence-corrected chi connectivity index (χ4v) is 11.6. The number of nitrogens with zero attached hydrogens (tertiary/aromatic N) is 2. The van der Waals surface area contributed by atoms with Gasteiger partial charge in [-0.15, -0.1) is 0 Å². The van der Waals surface area contributed by atoms with Crippen LogP contribution in [0.4, 0.5) is 0 Å². The summed E-state index contributed by atoms with van der Waals surface area (Å²) in [6.45, 7) is 55.6. The topological polar surface area (TPSA) is 122 Å². The van der Waals surface area contributed by atoms with E-state index in [9.17, 15) is 20.4 Å². The highest BCUT2D eigenvalue weighted by molar-refractivity contribution is 6.35. The van der Waals surface area contributed by atoms with Crippen LogP contribution in [0.2, 0.25) is 0 Å². The van der Waals surface area contributed by atoms with E-state index >= 15 is 9.59 Å². The van der Waals surface area contributed by atoms with Crippen LogP contribution < -0.4 is 0 Å². The van der Waals surface area contributed by atoms with Gasteiger partial charge in [0.05, 0.1) is 0 Å². The predicted octanol–water partition coefficient (Wildman–Crippen LogP) is 17.2. The lowest BCUT2D eigenvalue weighted by atomic mass is 9.77. The molecule has 8 heteroatoms. The molecule has 4 N–H and O–H groups in total. The normalized spacial score (nSPS) is 13.4. The highest BCUT2D eigenvalue weighted by Gasteiger charge is 2.36.